The normalized spacial score (nSPS) is 15.4. The second-order valence-electron chi connectivity index (χ2n) is 5.98. The van der Waals surface area contributed by atoms with Gasteiger partial charge in [0.25, 0.3) is 5.91 Å². The maximum atomic E-state index is 12.5. The van der Waals surface area contributed by atoms with Crippen molar-refractivity contribution in [1.82, 2.24) is 19.8 Å². The van der Waals surface area contributed by atoms with E-state index in [9.17, 15) is 4.79 Å². The SMILES string of the molecule is Cc1ccc(Nc2ncc(C(=O)N3CCN(C)CC3)cn2)cc1Br. The number of nitrogens with one attached hydrogen (secondary N) is 1. The largest absolute Gasteiger partial charge is 0.336 e. The molecule has 1 saturated heterocycles. The van der Waals surface area contributed by atoms with Crippen molar-refractivity contribution in [2.45, 2.75) is 6.92 Å². The third kappa shape index (κ3) is 3.91. The third-order valence-electron chi connectivity index (χ3n) is 4.12. The Balaban J connectivity index is 1.66. The summed E-state index contributed by atoms with van der Waals surface area (Å²) in [4.78, 5) is 25.0. The Labute approximate surface area is 150 Å². The minimum Gasteiger partial charge on any atom is -0.336 e. The fraction of sp³-hybridized carbons (Fsp3) is 0.353. The quantitative estimate of drug-likeness (QED) is 0.873. The Morgan fingerprint density at radius 3 is 2.46 bits per heavy atom. The van der Waals surface area contributed by atoms with Gasteiger partial charge in [-0.2, -0.15) is 0 Å². The molecule has 24 heavy (non-hydrogen) atoms. The number of halogens is 1. The van der Waals surface area contributed by atoms with Crippen molar-refractivity contribution >= 4 is 33.5 Å². The van der Waals surface area contributed by atoms with E-state index in [1.807, 2.05) is 30.0 Å². The molecule has 0 bridgehead atoms. The highest BCUT2D eigenvalue weighted by molar-refractivity contribution is 9.10. The number of hydrogen-bond donors (Lipinski definition) is 1. The molecule has 1 aromatic carbocycles. The summed E-state index contributed by atoms with van der Waals surface area (Å²) in [7, 11) is 2.06. The molecule has 3 rings (SSSR count). The highest BCUT2D eigenvalue weighted by Gasteiger charge is 2.20. The van der Waals surface area contributed by atoms with Gasteiger partial charge >= 0.3 is 0 Å². The zero-order chi connectivity index (χ0) is 17.1. The molecule has 0 saturated carbocycles. The molecule has 1 fully saturated rings. The summed E-state index contributed by atoms with van der Waals surface area (Å²) in [6, 6.07) is 5.95. The van der Waals surface area contributed by atoms with Gasteiger partial charge in [-0.15, -0.1) is 0 Å². The van der Waals surface area contributed by atoms with Crippen LogP contribution < -0.4 is 5.32 Å². The molecule has 126 valence electrons. The van der Waals surface area contributed by atoms with Gasteiger partial charge in [-0.25, -0.2) is 9.97 Å². The first kappa shape index (κ1) is 16.9. The number of aryl methyl sites for hydroxylation is 1. The van der Waals surface area contributed by atoms with Crippen LogP contribution in [-0.2, 0) is 0 Å². The highest BCUT2D eigenvalue weighted by Crippen LogP contribution is 2.22. The molecule has 1 amide bonds. The van der Waals surface area contributed by atoms with Crippen molar-refractivity contribution in [3.8, 4) is 0 Å². The van der Waals surface area contributed by atoms with Crippen LogP contribution >= 0.6 is 15.9 Å². The maximum Gasteiger partial charge on any atom is 0.257 e. The second kappa shape index (κ2) is 7.27. The number of benzene rings is 1. The molecule has 1 aliphatic rings. The lowest BCUT2D eigenvalue weighted by Gasteiger charge is -2.32. The van der Waals surface area contributed by atoms with E-state index >= 15 is 0 Å². The van der Waals surface area contributed by atoms with Gasteiger partial charge in [0.15, 0.2) is 0 Å². The molecular formula is C17H20BrN5O. The summed E-state index contributed by atoms with van der Waals surface area (Å²) in [5.74, 6) is 0.466. The number of amides is 1. The van der Waals surface area contributed by atoms with E-state index in [0.29, 0.717) is 11.5 Å². The first-order chi connectivity index (χ1) is 11.5. The molecule has 6 nitrogen and oxygen atoms in total. The number of carbonyl (C=O) groups excluding carboxylic acids is 1. The lowest BCUT2D eigenvalue weighted by Crippen LogP contribution is -2.47. The number of nitrogens with zero attached hydrogens (tertiary/aromatic N) is 4. The van der Waals surface area contributed by atoms with Crippen LogP contribution in [0.1, 0.15) is 15.9 Å². The van der Waals surface area contributed by atoms with Crippen molar-refractivity contribution in [2.24, 2.45) is 0 Å². The summed E-state index contributed by atoms with van der Waals surface area (Å²) >= 11 is 3.50. The van der Waals surface area contributed by atoms with Gasteiger partial charge in [0.05, 0.1) is 5.56 Å². The van der Waals surface area contributed by atoms with Crippen LogP contribution in [0.15, 0.2) is 35.1 Å². The van der Waals surface area contributed by atoms with E-state index in [0.717, 1.165) is 41.9 Å². The first-order valence-electron chi connectivity index (χ1n) is 7.86. The van der Waals surface area contributed by atoms with Crippen molar-refractivity contribution in [3.05, 3.63) is 46.2 Å². The maximum absolute atomic E-state index is 12.5. The monoisotopic (exact) mass is 389 g/mol. The molecule has 0 unspecified atom stereocenters. The van der Waals surface area contributed by atoms with Gasteiger partial charge in [0.1, 0.15) is 0 Å². The van der Waals surface area contributed by atoms with Gasteiger partial charge in [-0.05, 0) is 31.7 Å². The topological polar surface area (TPSA) is 61.4 Å². The molecule has 2 heterocycles. The minimum absolute atomic E-state index is 0.00673. The number of anilines is 2. The Kier molecular flexibility index (Phi) is 5.11. The smallest absolute Gasteiger partial charge is 0.257 e. The predicted octanol–water partition coefficient (Wildman–Crippen LogP) is 2.68. The van der Waals surface area contributed by atoms with Gasteiger partial charge < -0.3 is 15.1 Å². The number of rotatable bonds is 3. The van der Waals surface area contributed by atoms with Crippen LogP contribution in [-0.4, -0.2) is 58.9 Å². The second-order valence-corrected chi connectivity index (χ2v) is 6.83. The lowest BCUT2D eigenvalue weighted by molar-refractivity contribution is 0.0663. The van der Waals surface area contributed by atoms with Gasteiger partial charge in [0, 0.05) is 48.7 Å². The van der Waals surface area contributed by atoms with E-state index < -0.39 is 0 Å². The first-order valence-corrected chi connectivity index (χ1v) is 8.65. The third-order valence-corrected chi connectivity index (χ3v) is 4.97. The summed E-state index contributed by atoms with van der Waals surface area (Å²) < 4.78 is 1.02. The van der Waals surface area contributed by atoms with Crippen molar-refractivity contribution < 1.29 is 4.79 Å². The van der Waals surface area contributed by atoms with Crippen molar-refractivity contribution in [3.63, 3.8) is 0 Å². The van der Waals surface area contributed by atoms with E-state index in [2.05, 4.69) is 43.2 Å². The Bertz CT molecular complexity index is 726. The van der Waals surface area contributed by atoms with Crippen LogP contribution in [0.5, 0.6) is 0 Å². The van der Waals surface area contributed by atoms with Crippen molar-refractivity contribution in [2.75, 3.05) is 38.5 Å². The van der Waals surface area contributed by atoms with Crippen molar-refractivity contribution in [1.29, 1.82) is 0 Å². The van der Waals surface area contributed by atoms with Crippen LogP contribution in [0.3, 0.4) is 0 Å². The molecule has 1 aromatic heterocycles. The number of likely N-dealkylation sites (N-methyl/N-ethyl adjacent to an activating group) is 1. The Hall–Kier alpha value is -1.99. The van der Waals surface area contributed by atoms with Crippen LogP contribution in [0.2, 0.25) is 0 Å². The average molecular weight is 390 g/mol. The van der Waals surface area contributed by atoms with E-state index in [1.54, 1.807) is 12.4 Å². The molecule has 1 N–H and O–H groups in total. The summed E-state index contributed by atoms with van der Waals surface area (Å²) in [5.41, 5.74) is 2.58. The molecule has 0 radical (unpaired) electrons. The molecule has 2 aromatic rings. The number of carbonyl (C=O) groups is 1. The van der Waals surface area contributed by atoms with Crippen LogP contribution in [0, 0.1) is 6.92 Å². The average Bonchev–Trinajstić information content (AvgIpc) is 2.59. The number of piperazine rings is 1. The van der Waals surface area contributed by atoms with Crippen LogP contribution in [0.4, 0.5) is 11.6 Å². The summed E-state index contributed by atoms with van der Waals surface area (Å²) in [5, 5.41) is 3.14. The lowest BCUT2D eigenvalue weighted by atomic mass is 10.2. The summed E-state index contributed by atoms with van der Waals surface area (Å²) in [6.07, 6.45) is 3.17. The van der Waals surface area contributed by atoms with Gasteiger partial charge in [-0.3, -0.25) is 4.79 Å². The van der Waals surface area contributed by atoms with E-state index in [4.69, 9.17) is 0 Å². The molecule has 1 aliphatic heterocycles. The fourth-order valence-corrected chi connectivity index (χ4v) is 2.87. The van der Waals surface area contributed by atoms with E-state index in [1.165, 1.54) is 0 Å². The highest BCUT2D eigenvalue weighted by atomic mass is 79.9. The summed E-state index contributed by atoms with van der Waals surface area (Å²) in [6.45, 7) is 5.31. The zero-order valence-electron chi connectivity index (χ0n) is 13.8. The standard InChI is InChI=1S/C17H20BrN5O/c1-12-3-4-14(9-15(12)18)21-17-19-10-13(11-20-17)16(24)23-7-5-22(2)6-8-23/h3-4,9-11H,5-8H2,1-2H3,(H,19,20,21). The van der Waals surface area contributed by atoms with Crippen LogP contribution in [0.25, 0.3) is 0 Å². The van der Waals surface area contributed by atoms with Gasteiger partial charge in [0.2, 0.25) is 5.95 Å². The molecule has 0 spiro atoms. The Morgan fingerprint density at radius 2 is 1.83 bits per heavy atom. The minimum atomic E-state index is -0.00673. The molecule has 0 aliphatic carbocycles. The van der Waals surface area contributed by atoms with Gasteiger partial charge in [-0.1, -0.05) is 22.0 Å². The number of hydrogen-bond acceptors (Lipinski definition) is 5. The zero-order valence-corrected chi connectivity index (χ0v) is 15.4. The fourth-order valence-electron chi connectivity index (χ4n) is 2.49. The number of aromatic nitrogens is 2. The van der Waals surface area contributed by atoms with E-state index in [-0.39, 0.29) is 5.91 Å². The Morgan fingerprint density at radius 1 is 1.17 bits per heavy atom. The molecular weight excluding hydrogens is 370 g/mol. The predicted molar refractivity (Wildman–Crippen MR) is 97.6 cm³/mol. The molecule has 0 atom stereocenters. The molecule has 7 heteroatoms.